The average Bonchev–Trinajstić information content (AvgIpc) is 2.29. The standard InChI is InChI=1S/C12H10BrNO/c1-15-12-6-5-11(9-14)10(8-12)4-2-3-7-13/h5-6,8H,3,7H2,1H3. The van der Waals surface area contributed by atoms with Crippen LogP contribution >= 0.6 is 15.9 Å². The molecule has 2 nitrogen and oxygen atoms in total. The maximum atomic E-state index is 8.87. The number of hydrogen-bond acceptors (Lipinski definition) is 2. The van der Waals surface area contributed by atoms with Gasteiger partial charge in [-0.3, -0.25) is 0 Å². The Hall–Kier alpha value is -1.45. The first-order chi connectivity index (χ1) is 7.31. The van der Waals surface area contributed by atoms with Crippen molar-refractivity contribution in [1.82, 2.24) is 0 Å². The van der Waals surface area contributed by atoms with Crippen LogP contribution in [-0.4, -0.2) is 12.4 Å². The minimum absolute atomic E-state index is 0.581. The summed E-state index contributed by atoms with van der Waals surface area (Å²) in [5.74, 6) is 6.65. The number of methoxy groups -OCH3 is 1. The Bertz CT molecular complexity index is 437. The van der Waals surface area contributed by atoms with E-state index in [1.54, 1.807) is 25.3 Å². The van der Waals surface area contributed by atoms with Crippen molar-refractivity contribution >= 4 is 15.9 Å². The molecule has 0 atom stereocenters. The third-order valence-corrected chi connectivity index (χ3v) is 2.19. The van der Waals surface area contributed by atoms with E-state index < -0.39 is 0 Å². The van der Waals surface area contributed by atoms with Crippen LogP contribution in [0, 0.1) is 23.2 Å². The van der Waals surface area contributed by atoms with Crippen molar-refractivity contribution in [1.29, 1.82) is 5.26 Å². The normalized spacial score (nSPS) is 8.60. The van der Waals surface area contributed by atoms with E-state index in [4.69, 9.17) is 10.00 Å². The largest absolute Gasteiger partial charge is 0.497 e. The zero-order valence-corrected chi connectivity index (χ0v) is 9.97. The van der Waals surface area contributed by atoms with Crippen LogP contribution < -0.4 is 4.74 Å². The number of halogens is 1. The Morgan fingerprint density at radius 3 is 2.80 bits per heavy atom. The summed E-state index contributed by atoms with van der Waals surface area (Å²) >= 11 is 3.29. The second kappa shape index (κ2) is 6.11. The van der Waals surface area contributed by atoms with E-state index in [1.165, 1.54) is 0 Å². The zero-order valence-electron chi connectivity index (χ0n) is 8.38. The van der Waals surface area contributed by atoms with Crippen LogP contribution in [0.4, 0.5) is 0 Å². The summed E-state index contributed by atoms with van der Waals surface area (Å²) in [6.45, 7) is 0. The van der Waals surface area contributed by atoms with Crippen LogP contribution in [0.5, 0.6) is 5.75 Å². The van der Waals surface area contributed by atoms with Gasteiger partial charge in [-0.1, -0.05) is 27.8 Å². The molecule has 0 unspecified atom stereocenters. The molecular formula is C12H10BrNO. The Morgan fingerprint density at radius 2 is 2.20 bits per heavy atom. The molecule has 0 radical (unpaired) electrons. The topological polar surface area (TPSA) is 33.0 Å². The Balaban J connectivity index is 3.04. The van der Waals surface area contributed by atoms with Crippen LogP contribution in [0.15, 0.2) is 18.2 Å². The van der Waals surface area contributed by atoms with Gasteiger partial charge in [-0.15, -0.1) is 0 Å². The first kappa shape index (κ1) is 11.6. The van der Waals surface area contributed by atoms with E-state index >= 15 is 0 Å². The first-order valence-corrected chi connectivity index (χ1v) is 5.57. The molecular weight excluding hydrogens is 254 g/mol. The second-order valence-corrected chi connectivity index (χ2v) is 3.56. The van der Waals surface area contributed by atoms with Gasteiger partial charge in [0.1, 0.15) is 11.8 Å². The van der Waals surface area contributed by atoms with E-state index in [-0.39, 0.29) is 0 Å². The fourth-order valence-electron chi connectivity index (χ4n) is 1.06. The van der Waals surface area contributed by atoms with Crippen molar-refractivity contribution in [2.75, 3.05) is 12.4 Å². The molecule has 0 amide bonds. The van der Waals surface area contributed by atoms with Crippen molar-refractivity contribution in [2.45, 2.75) is 6.42 Å². The summed E-state index contributed by atoms with van der Waals surface area (Å²) in [7, 11) is 1.59. The van der Waals surface area contributed by atoms with Gasteiger partial charge in [-0.25, -0.2) is 0 Å². The third kappa shape index (κ3) is 3.31. The van der Waals surface area contributed by atoms with Gasteiger partial charge in [0.25, 0.3) is 0 Å². The Labute approximate surface area is 98.0 Å². The van der Waals surface area contributed by atoms with E-state index in [0.717, 1.165) is 23.1 Å². The van der Waals surface area contributed by atoms with Gasteiger partial charge >= 0.3 is 0 Å². The Morgan fingerprint density at radius 1 is 1.40 bits per heavy atom. The maximum Gasteiger partial charge on any atom is 0.120 e. The van der Waals surface area contributed by atoms with Gasteiger partial charge in [0.05, 0.1) is 12.7 Å². The molecule has 0 aliphatic carbocycles. The quantitative estimate of drug-likeness (QED) is 0.607. The minimum atomic E-state index is 0.581. The number of hydrogen-bond donors (Lipinski definition) is 0. The second-order valence-electron chi connectivity index (χ2n) is 2.76. The first-order valence-electron chi connectivity index (χ1n) is 4.44. The number of alkyl halides is 1. The summed E-state index contributed by atoms with van der Waals surface area (Å²) < 4.78 is 5.07. The smallest absolute Gasteiger partial charge is 0.120 e. The van der Waals surface area contributed by atoms with Crippen molar-refractivity contribution in [2.24, 2.45) is 0 Å². The highest BCUT2D eigenvalue weighted by atomic mass is 79.9. The number of nitriles is 1. The van der Waals surface area contributed by atoms with E-state index in [0.29, 0.717) is 5.56 Å². The van der Waals surface area contributed by atoms with Crippen molar-refractivity contribution in [3.63, 3.8) is 0 Å². The molecule has 0 saturated heterocycles. The molecule has 3 heteroatoms. The fourth-order valence-corrected chi connectivity index (χ4v) is 1.25. The lowest BCUT2D eigenvalue weighted by Crippen LogP contribution is -1.87. The average molecular weight is 264 g/mol. The molecule has 0 saturated carbocycles. The number of nitrogens with zero attached hydrogens (tertiary/aromatic N) is 1. The molecule has 0 N–H and O–H groups in total. The molecule has 0 spiro atoms. The third-order valence-electron chi connectivity index (χ3n) is 1.79. The van der Waals surface area contributed by atoms with Crippen LogP contribution in [-0.2, 0) is 0 Å². The lowest BCUT2D eigenvalue weighted by molar-refractivity contribution is 0.414. The molecule has 0 aromatic heterocycles. The molecule has 0 aliphatic rings. The van der Waals surface area contributed by atoms with Gasteiger partial charge in [0.2, 0.25) is 0 Å². The van der Waals surface area contributed by atoms with Crippen LogP contribution in [0.1, 0.15) is 17.5 Å². The molecule has 0 heterocycles. The van der Waals surface area contributed by atoms with E-state index in [9.17, 15) is 0 Å². The SMILES string of the molecule is COc1ccc(C#N)c(C#CCCBr)c1. The van der Waals surface area contributed by atoms with Crippen LogP contribution in [0.2, 0.25) is 0 Å². The summed E-state index contributed by atoms with van der Waals surface area (Å²) in [5, 5.41) is 9.71. The van der Waals surface area contributed by atoms with Crippen molar-refractivity contribution in [3.8, 4) is 23.7 Å². The van der Waals surface area contributed by atoms with Crippen molar-refractivity contribution in [3.05, 3.63) is 29.3 Å². The maximum absolute atomic E-state index is 8.87. The molecule has 1 rings (SSSR count). The lowest BCUT2D eigenvalue weighted by atomic mass is 10.1. The molecule has 0 fully saturated rings. The van der Waals surface area contributed by atoms with Crippen molar-refractivity contribution < 1.29 is 4.74 Å². The summed E-state index contributed by atoms with van der Waals surface area (Å²) in [6.07, 6.45) is 0.766. The molecule has 1 aromatic rings. The summed E-state index contributed by atoms with van der Waals surface area (Å²) in [4.78, 5) is 0. The molecule has 15 heavy (non-hydrogen) atoms. The van der Waals surface area contributed by atoms with Gasteiger partial charge in [0.15, 0.2) is 0 Å². The fraction of sp³-hybridized carbons (Fsp3) is 0.250. The van der Waals surface area contributed by atoms with Gasteiger partial charge in [-0.2, -0.15) is 5.26 Å². The number of rotatable bonds is 2. The highest BCUT2D eigenvalue weighted by Crippen LogP contribution is 2.16. The predicted octanol–water partition coefficient (Wildman–Crippen LogP) is 2.70. The summed E-state index contributed by atoms with van der Waals surface area (Å²) in [5.41, 5.74) is 1.30. The highest BCUT2D eigenvalue weighted by molar-refractivity contribution is 9.09. The number of benzene rings is 1. The molecule has 76 valence electrons. The molecule has 0 bridgehead atoms. The lowest BCUT2D eigenvalue weighted by Gasteiger charge is -2.00. The Kier molecular flexibility index (Phi) is 4.74. The monoisotopic (exact) mass is 263 g/mol. The van der Waals surface area contributed by atoms with Crippen LogP contribution in [0.3, 0.4) is 0 Å². The molecule has 0 aliphatic heterocycles. The van der Waals surface area contributed by atoms with Gasteiger partial charge in [-0.05, 0) is 18.2 Å². The minimum Gasteiger partial charge on any atom is -0.497 e. The zero-order chi connectivity index (χ0) is 11.1. The predicted molar refractivity (Wildman–Crippen MR) is 63.0 cm³/mol. The van der Waals surface area contributed by atoms with E-state index in [1.807, 2.05) is 0 Å². The number of ether oxygens (including phenoxy) is 1. The molecule has 1 aromatic carbocycles. The van der Waals surface area contributed by atoms with Crippen LogP contribution in [0.25, 0.3) is 0 Å². The summed E-state index contributed by atoms with van der Waals surface area (Å²) in [6, 6.07) is 7.36. The van der Waals surface area contributed by atoms with Gasteiger partial charge < -0.3 is 4.74 Å². The van der Waals surface area contributed by atoms with E-state index in [2.05, 4.69) is 33.8 Å². The highest BCUT2D eigenvalue weighted by Gasteiger charge is 2.00. The van der Waals surface area contributed by atoms with Gasteiger partial charge in [0, 0.05) is 17.3 Å².